The Morgan fingerprint density at radius 3 is 2.76 bits per heavy atom. The SMILES string of the molecule is ClCc1c(C2CC2)nn(-c2ccccn2)c1Cl. The number of aromatic nitrogens is 3. The summed E-state index contributed by atoms with van der Waals surface area (Å²) in [4.78, 5) is 4.25. The maximum atomic E-state index is 6.31. The molecule has 0 aromatic carbocycles. The maximum absolute atomic E-state index is 6.31. The lowest BCUT2D eigenvalue weighted by atomic mass is 10.2. The molecular weight excluding hydrogens is 257 g/mol. The summed E-state index contributed by atoms with van der Waals surface area (Å²) in [5, 5.41) is 5.13. The van der Waals surface area contributed by atoms with E-state index in [0.29, 0.717) is 17.0 Å². The molecule has 3 rings (SSSR count). The van der Waals surface area contributed by atoms with Crippen LogP contribution in [0.1, 0.15) is 30.0 Å². The van der Waals surface area contributed by atoms with E-state index >= 15 is 0 Å². The van der Waals surface area contributed by atoms with Gasteiger partial charge >= 0.3 is 0 Å². The first kappa shape index (κ1) is 11.1. The summed E-state index contributed by atoms with van der Waals surface area (Å²) in [6.45, 7) is 0. The van der Waals surface area contributed by atoms with Gasteiger partial charge in [-0.2, -0.15) is 5.10 Å². The summed E-state index contributed by atoms with van der Waals surface area (Å²) in [7, 11) is 0. The zero-order chi connectivity index (χ0) is 11.8. The van der Waals surface area contributed by atoms with Gasteiger partial charge in [0.1, 0.15) is 5.15 Å². The van der Waals surface area contributed by atoms with Crippen molar-refractivity contribution in [2.24, 2.45) is 0 Å². The zero-order valence-electron chi connectivity index (χ0n) is 9.11. The molecule has 0 spiro atoms. The summed E-state index contributed by atoms with van der Waals surface area (Å²) in [6.07, 6.45) is 4.09. The quantitative estimate of drug-likeness (QED) is 0.797. The number of hydrogen-bond donors (Lipinski definition) is 0. The molecule has 1 fully saturated rings. The fourth-order valence-corrected chi connectivity index (χ4v) is 2.50. The highest BCUT2D eigenvalue weighted by atomic mass is 35.5. The molecule has 0 unspecified atom stereocenters. The predicted molar refractivity (Wildman–Crippen MR) is 67.9 cm³/mol. The lowest BCUT2D eigenvalue weighted by molar-refractivity contribution is 0.813. The van der Waals surface area contributed by atoms with Gasteiger partial charge in [0.25, 0.3) is 0 Å². The first-order chi connectivity index (χ1) is 8.31. The van der Waals surface area contributed by atoms with Crippen LogP contribution in [0.15, 0.2) is 24.4 Å². The van der Waals surface area contributed by atoms with Crippen molar-refractivity contribution >= 4 is 23.2 Å². The summed E-state index contributed by atoms with van der Waals surface area (Å²) >= 11 is 12.3. The highest BCUT2D eigenvalue weighted by Gasteiger charge is 2.31. The van der Waals surface area contributed by atoms with Crippen molar-refractivity contribution in [1.29, 1.82) is 0 Å². The van der Waals surface area contributed by atoms with Crippen LogP contribution in [-0.2, 0) is 5.88 Å². The normalized spacial score (nSPS) is 15.2. The molecule has 0 bridgehead atoms. The van der Waals surface area contributed by atoms with E-state index in [1.807, 2.05) is 18.2 Å². The van der Waals surface area contributed by atoms with Gasteiger partial charge in [0.05, 0.1) is 11.6 Å². The van der Waals surface area contributed by atoms with E-state index in [0.717, 1.165) is 17.1 Å². The Balaban J connectivity index is 2.11. The number of alkyl halides is 1. The Kier molecular flexibility index (Phi) is 2.81. The summed E-state index contributed by atoms with van der Waals surface area (Å²) in [5.41, 5.74) is 1.98. The second-order valence-corrected chi connectivity index (χ2v) is 4.79. The molecule has 2 aromatic heterocycles. The molecule has 5 heteroatoms. The van der Waals surface area contributed by atoms with E-state index in [4.69, 9.17) is 23.2 Å². The number of halogens is 2. The number of hydrogen-bond acceptors (Lipinski definition) is 2. The van der Waals surface area contributed by atoms with Gasteiger partial charge in [-0.3, -0.25) is 0 Å². The Hall–Kier alpha value is -1.06. The second kappa shape index (κ2) is 4.31. The fourth-order valence-electron chi connectivity index (χ4n) is 1.88. The minimum Gasteiger partial charge on any atom is -0.237 e. The van der Waals surface area contributed by atoms with Crippen molar-refractivity contribution < 1.29 is 0 Å². The van der Waals surface area contributed by atoms with E-state index in [2.05, 4.69) is 10.1 Å². The van der Waals surface area contributed by atoms with Crippen LogP contribution in [0.4, 0.5) is 0 Å². The molecule has 0 saturated heterocycles. The average Bonchev–Trinajstić information content (AvgIpc) is 3.15. The van der Waals surface area contributed by atoms with Gasteiger partial charge in [0.2, 0.25) is 0 Å². The molecule has 0 amide bonds. The van der Waals surface area contributed by atoms with Gasteiger partial charge in [-0.1, -0.05) is 17.7 Å². The summed E-state index contributed by atoms with van der Waals surface area (Å²) < 4.78 is 1.67. The molecule has 3 nitrogen and oxygen atoms in total. The third kappa shape index (κ3) is 1.94. The molecule has 1 saturated carbocycles. The second-order valence-electron chi connectivity index (χ2n) is 4.16. The van der Waals surface area contributed by atoms with Crippen molar-refractivity contribution in [1.82, 2.24) is 14.8 Å². The highest BCUT2D eigenvalue weighted by molar-refractivity contribution is 6.31. The van der Waals surface area contributed by atoms with Crippen LogP contribution in [0.3, 0.4) is 0 Å². The Morgan fingerprint density at radius 1 is 1.35 bits per heavy atom. The molecule has 1 aliphatic rings. The third-order valence-electron chi connectivity index (χ3n) is 2.92. The fraction of sp³-hybridized carbons (Fsp3) is 0.333. The van der Waals surface area contributed by atoms with Gasteiger partial charge in [0.15, 0.2) is 5.82 Å². The number of pyridine rings is 1. The monoisotopic (exact) mass is 267 g/mol. The van der Waals surface area contributed by atoms with Gasteiger partial charge in [-0.05, 0) is 25.0 Å². The lowest BCUT2D eigenvalue weighted by Gasteiger charge is -2.00. The van der Waals surface area contributed by atoms with E-state index in [9.17, 15) is 0 Å². The summed E-state index contributed by atoms with van der Waals surface area (Å²) in [6, 6.07) is 5.66. The van der Waals surface area contributed by atoms with Crippen LogP contribution in [-0.4, -0.2) is 14.8 Å². The molecular formula is C12H11Cl2N3. The van der Waals surface area contributed by atoms with E-state index in [1.165, 1.54) is 12.8 Å². The predicted octanol–water partition coefficient (Wildman–Crippen LogP) is 3.54. The molecule has 17 heavy (non-hydrogen) atoms. The molecule has 0 N–H and O–H groups in total. The van der Waals surface area contributed by atoms with Crippen molar-refractivity contribution in [2.75, 3.05) is 0 Å². The summed E-state index contributed by atoms with van der Waals surface area (Å²) in [5.74, 6) is 1.67. The minimum atomic E-state index is 0.400. The van der Waals surface area contributed by atoms with Crippen molar-refractivity contribution in [3.63, 3.8) is 0 Å². The van der Waals surface area contributed by atoms with Gasteiger partial charge in [-0.25, -0.2) is 9.67 Å². The van der Waals surface area contributed by atoms with E-state index in [-0.39, 0.29) is 0 Å². The first-order valence-electron chi connectivity index (χ1n) is 5.56. The van der Waals surface area contributed by atoms with Crippen molar-refractivity contribution in [3.8, 4) is 5.82 Å². The molecule has 88 valence electrons. The Morgan fingerprint density at radius 2 is 2.18 bits per heavy atom. The molecule has 2 heterocycles. The van der Waals surface area contributed by atoms with Crippen molar-refractivity contribution in [3.05, 3.63) is 40.8 Å². The van der Waals surface area contributed by atoms with Crippen LogP contribution < -0.4 is 0 Å². The van der Waals surface area contributed by atoms with Crippen LogP contribution in [0.5, 0.6) is 0 Å². The highest BCUT2D eigenvalue weighted by Crippen LogP contribution is 2.43. The molecule has 0 radical (unpaired) electrons. The largest absolute Gasteiger partial charge is 0.237 e. The standard InChI is InChI=1S/C12H11Cl2N3/c13-7-9-11(8-4-5-8)16-17(12(9)14)10-3-1-2-6-15-10/h1-3,6,8H,4-5,7H2. The van der Waals surface area contributed by atoms with Crippen LogP contribution in [0.25, 0.3) is 5.82 Å². The van der Waals surface area contributed by atoms with Gasteiger partial charge in [0, 0.05) is 17.7 Å². The van der Waals surface area contributed by atoms with Crippen LogP contribution >= 0.6 is 23.2 Å². The zero-order valence-corrected chi connectivity index (χ0v) is 10.6. The minimum absolute atomic E-state index is 0.400. The topological polar surface area (TPSA) is 30.7 Å². The van der Waals surface area contributed by atoms with Crippen LogP contribution in [0, 0.1) is 0 Å². The Bertz CT molecular complexity index is 532. The smallest absolute Gasteiger partial charge is 0.155 e. The Labute approximate surface area is 109 Å². The number of rotatable bonds is 3. The maximum Gasteiger partial charge on any atom is 0.155 e. The first-order valence-corrected chi connectivity index (χ1v) is 6.47. The van der Waals surface area contributed by atoms with E-state index in [1.54, 1.807) is 10.9 Å². The molecule has 1 aliphatic carbocycles. The molecule has 2 aromatic rings. The lowest BCUT2D eigenvalue weighted by Crippen LogP contribution is -1.99. The number of nitrogens with zero attached hydrogens (tertiary/aromatic N) is 3. The van der Waals surface area contributed by atoms with E-state index < -0.39 is 0 Å². The third-order valence-corrected chi connectivity index (χ3v) is 3.57. The van der Waals surface area contributed by atoms with Gasteiger partial charge < -0.3 is 0 Å². The van der Waals surface area contributed by atoms with Gasteiger partial charge in [-0.15, -0.1) is 11.6 Å². The average molecular weight is 268 g/mol. The molecule has 0 atom stereocenters. The van der Waals surface area contributed by atoms with Crippen LogP contribution in [0.2, 0.25) is 5.15 Å². The van der Waals surface area contributed by atoms with Crippen molar-refractivity contribution in [2.45, 2.75) is 24.6 Å². The molecule has 0 aliphatic heterocycles.